The number of sulfonamides is 1. The first-order chi connectivity index (χ1) is 8.94. The minimum atomic E-state index is -3.73. The molecule has 1 aliphatic rings. The smallest absolute Gasteiger partial charge is 0.243 e. The van der Waals surface area contributed by atoms with Gasteiger partial charge in [0.05, 0.1) is 10.5 Å². The SMILES string of the molecule is NC(=S)c1c(F)cccc1S(=O)(=O)N1CCCCC1. The number of hydrogen-bond acceptors (Lipinski definition) is 3. The minimum Gasteiger partial charge on any atom is -0.389 e. The van der Waals surface area contributed by atoms with E-state index >= 15 is 0 Å². The molecule has 0 radical (unpaired) electrons. The molecule has 1 heterocycles. The molecule has 0 amide bonds. The van der Waals surface area contributed by atoms with Crippen LogP contribution in [0.25, 0.3) is 0 Å². The molecular weight excluding hydrogens is 287 g/mol. The number of halogens is 1. The molecule has 1 saturated heterocycles. The Morgan fingerprint density at radius 2 is 1.89 bits per heavy atom. The highest BCUT2D eigenvalue weighted by Gasteiger charge is 2.29. The summed E-state index contributed by atoms with van der Waals surface area (Å²) in [6, 6.07) is 3.86. The lowest BCUT2D eigenvalue weighted by Crippen LogP contribution is -2.36. The molecule has 2 N–H and O–H groups in total. The van der Waals surface area contributed by atoms with Gasteiger partial charge >= 0.3 is 0 Å². The largest absolute Gasteiger partial charge is 0.389 e. The first kappa shape index (κ1) is 14.4. The van der Waals surface area contributed by atoms with E-state index in [2.05, 4.69) is 0 Å². The third-order valence-corrected chi connectivity index (χ3v) is 5.30. The van der Waals surface area contributed by atoms with Crippen molar-refractivity contribution in [2.45, 2.75) is 24.2 Å². The van der Waals surface area contributed by atoms with E-state index in [1.54, 1.807) is 0 Å². The van der Waals surface area contributed by atoms with Crippen LogP contribution in [0.1, 0.15) is 24.8 Å². The molecule has 7 heteroatoms. The van der Waals surface area contributed by atoms with Crippen LogP contribution >= 0.6 is 12.2 Å². The van der Waals surface area contributed by atoms with Crippen LogP contribution in [0.2, 0.25) is 0 Å². The van der Waals surface area contributed by atoms with Crippen LogP contribution in [0.5, 0.6) is 0 Å². The zero-order valence-electron chi connectivity index (χ0n) is 10.3. The Bertz CT molecular complexity index is 596. The van der Waals surface area contributed by atoms with Gasteiger partial charge in [0, 0.05) is 13.1 Å². The van der Waals surface area contributed by atoms with Gasteiger partial charge in [-0.15, -0.1) is 0 Å². The van der Waals surface area contributed by atoms with Gasteiger partial charge in [-0.1, -0.05) is 24.7 Å². The van der Waals surface area contributed by atoms with Gasteiger partial charge < -0.3 is 5.73 Å². The van der Waals surface area contributed by atoms with E-state index in [1.165, 1.54) is 16.4 Å². The summed E-state index contributed by atoms with van der Waals surface area (Å²) in [6.45, 7) is 0.908. The molecule has 0 bridgehead atoms. The van der Waals surface area contributed by atoms with Crippen LogP contribution in [0.4, 0.5) is 4.39 Å². The molecule has 0 aromatic heterocycles. The van der Waals surface area contributed by atoms with Gasteiger partial charge in [-0.25, -0.2) is 12.8 Å². The van der Waals surface area contributed by atoms with Crippen molar-refractivity contribution in [1.29, 1.82) is 0 Å². The Kier molecular flexibility index (Phi) is 4.17. The maximum absolute atomic E-state index is 13.7. The molecule has 2 rings (SSSR count). The molecular formula is C12H15FN2O2S2. The number of nitrogens with two attached hydrogens (primary N) is 1. The fourth-order valence-electron chi connectivity index (χ4n) is 2.20. The van der Waals surface area contributed by atoms with E-state index in [1.807, 2.05) is 0 Å². The summed E-state index contributed by atoms with van der Waals surface area (Å²) in [6.07, 6.45) is 2.64. The van der Waals surface area contributed by atoms with Gasteiger partial charge in [0.15, 0.2) is 0 Å². The number of nitrogens with zero attached hydrogens (tertiary/aromatic N) is 1. The van der Waals surface area contributed by atoms with E-state index in [4.69, 9.17) is 18.0 Å². The van der Waals surface area contributed by atoms with Crippen molar-refractivity contribution in [3.63, 3.8) is 0 Å². The molecule has 1 fully saturated rings. The van der Waals surface area contributed by atoms with Crippen molar-refractivity contribution in [2.75, 3.05) is 13.1 Å². The average molecular weight is 302 g/mol. The number of rotatable bonds is 3. The lowest BCUT2D eigenvalue weighted by molar-refractivity contribution is 0.346. The first-order valence-corrected chi connectivity index (χ1v) is 7.88. The second kappa shape index (κ2) is 5.52. The summed E-state index contributed by atoms with van der Waals surface area (Å²) in [7, 11) is -3.73. The van der Waals surface area contributed by atoms with Gasteiger partial charge in [-0.2, -0.15) is 4.31 Å². The van der Waals surface area contributed by atoms with E-state index < -0.39 is 15.8 Å². The lowest BCUT2D eigenvalue weighted by Gasteiger charge is -2.26. The highest BCUT2D eigenvalue weighted by atomic mass is 32.2. The summed E-state index contributed by atoms with van der Waals surface area (Å²) < 4.78 is 40.1. The molecule has 0 aliphatic carbocycles. The molecule has 0 saturated carbocycles. The van der Waals surface area contributed by atoms with Crippen LogP contribution in [0, 0.1) is 5.82 Å². The Balaban J connectivity index is 2.51. The summed E-state index contributed by atoms with van der Waals surface area (Å²) in [5, 5.41) is 0. The summed E-state index contributed by atoms with van der Waals surface area (Å²) >= 11 is 4.76. The molecule has 0 atom stereocenters. The molecule has 4 nitrogen and oxygen atoms in total. The Hall–Kier alpha value is -1.05. The zero-order valence-corrected chi connectivity index (χ0v) is 11.9. The predicted molar refractivity (Wildman–Crippen MR) is 74.9 cm³/mol. The van der Waals surface area contributed by atoms with Crippen molar-refractivity contribution >= 4 is 27.2 Å². The van der Waals surface area contributed by atoms with E-state index in [0.717, 1.165) is 25.3 Å². The van der Waals surface area contributed by atoms with Crippen LogP contribution < -0.4 is 5.73 Å². The lowest BCUT2D eigenvalue weighted by atomic mass is 10.2. The molecule has 1 aromatic rings. The molecule has 104 valence electrons. The average Bonchev–Trinajstić information content (AvgIpc) is 2.39. The fraction of sp³-hybridized carbons (Fsp3) is 0.417. The monoisotopic (exact) mass is 302 g/mol. The van der Waals surface area contributed by atoms with E-state index in [9.17, 15) is 12.8 Å². The molecule has 0 unspecified atom stereocenters. The third kappa shape index (κ3) is 2.77. The quantitative estimate of drug-likeness (QED) is 0.862. The molecule has 1 aromatic carbocycles. The van der Waals surface area contributed by atoms with Gasteiger partial charge in [-0.3, -0.25) is 0 Å². The van der Waals surface area contributed by atoms with Crippen molar-refractivity contribution in [3.8, 4) is 0 Å². The van der Waals surface area contributed by atoms with Gasteiger partial charge in [0.2, 0.25) is 10.0 Å². The van der Waals surface area contributed by atoms with Gasteiger partial charge in [-0.05, 0) is 25.0 Å². The Morgan fingerprint density at radius 3 is 2.47 bits per heavy atom. The zero-order chi connectivity index (χ0) is 14.0. The van der Waals surface area contributed by atoms with E-state index in [-0.39, 0.29) is 15.4 Å². The molecule has 0 spiro atoms. The fourth-order valence-corrected chi connectivity index (χ4v) is 4.21. The maximum Gasteiger partial charge on any atom is 0.243 e. The molecule has 19 heavy (non-hydrogen) atoms. The Morgan fingerprint density at radius 1 is 1.26 bits per heavy atom. The first-order valence-electron chi connectivity index (χ1n) is 6.03. The van der Waals surface area contributed by atoms with Crippen LogP contribution in [-0.2, 0) is 10.0 Å². The van der Waals surface area contributed by atoms with Crippen LogP contribution in [0.3, 0.4) is 0 Å². The minimum absolute atomic E-state index is 0.137. The Labute approximate surface area is 117 Å². The second-order valence-corrected chi connectivity index (χ2v) is 6.79. The number of thiocarbonyl (C=S) groups is 1. The highest BCUT2D eigenvalue weighted by Crippen LogP contribution is 2.25. The standard InChI is InChI=1S/C12H15FN2O2S2/c13-9-5-4-6-10(11(9)12(14)18)19(16,17)15-7-2-1-3-8-15/h4-6H,1-3,7-8H2,(H2,14,18). The summed E-state index contributed by atoms with van der Waals surface area (Å²) in [5.74, 6) is -0.703. The topological polar surface area (TPSA) is 63.4 Å². The predicted octanol–water partition coefficient (Wildman–Crippen LogP) is 1.63. The highest BCUT2D eigenvalue weighted by molar-refractivity contribution is 7.89. The van der Waals surface area contributed by atoms with Crippen LogP contribution in [0.15, 0.2) is 23.1 Å². The van der Waals surface area contributed by atoms with Crippen molar-refractivity contribution in [3.05, 3.63) is 29.6 Å². The van der Waals surface area contributed by atoms with E-state index in [0.29, 0.717) is 13.1 Å². The number of benzene rings is 1. The third-order valence-electron chi connectivity index (χ3n) is 3.15. The summed E-state index contributed by atoms with van der Waals surface area (Å²) in [4.78, 5) is -0.379. The van der Waals surface area contributed by atoms with Crippen molar-refractivity contribution in [1.82, 2.24) is 4.31 Å². The normalized spacial score (nSPS) is 17.3. The second-order valence-electron chi connectivity index (χ2n) is 4.44. The van der Waals surface area contributed by atoms with Crippen molar-refractivity contribution in [2.24, 2.45) is 5.73 Å². The van der Waals surface area contributed by atoms with Gasteiger partial charge in [0.1, 0.15) is 10.8 Å². The summed E-state index contributed by atoms with van der Waals surface area (Å²) in [5.41, 5.74) is 5.26. The van der Waals surface area contributed by atoms with Crippen molar-refractivity contribution < 1.29 is 12.8 Å². The maximum atomic E-state index is 13.7. The van der Waals surface area contributed by atoms with Crippen LogP contribution in [-0.4, -0.2) is 30.8 Å². The number of hydrogen-bond donors (Lipinski definition) is 1. The number of piperidine rings is 1. The van der Waals surface area contributed by atoms with Gasteiger partial charge in [0.25, 0.3) is 0 Å². The molecule has 1 aliphatic heterocycles.